The third kappa shape index (κ3) is 8.59. The molecule has 0 aromatic rings. The van der Waals surface area contributed by atoms with E-state index >= 15 is 0 Å². The molecule has 0 aliphatic carbocycles. The number of rotatable bonds is 0. The van der Waals surface area contributed by atoms with Gasteiger partial charge in [-0.3, -0.25) is 0 Å². The first-order valence-corrected chi connectivity index (χ1v) is 12.2. The number of hydrogen-bond acceptors (Lipinski definition) is 4. The summed E-state index contributed by atoms with van der Waals surface area (Å²) in [5.74, 6) is 0. The van der Waals surface area contributed by atoms with Crippen LogP contribution in [0, 0.1) is 0 Å². The van der Waals surface area contributed by atoms with Crippen LogP contribution in [0.1, 0.15) is 83.1 Å². The summed E-state index contributed by atoms with van der Waals surface area (Å²) in [7, 11) is -6.00. The topological polar surface area (TPSA) is 13.0 Å². The number of nitrogens with zero attached hydrogens (tertiary/aromatic N) is 4. The second-order valence-corrected chi connectivity index (χ2v) is 13.4. The van der Waals surface area contributed by atoms with Gasteiger partial charge in [0, 0.05) is 0 Å². The summed E-state index contributed by atoms with van der Waals surface area (Å²) in [5, 5.41) is 0. The molecule has 2 rings (SSSR count). The first-order chi connectivity index (χ1) is 13.9. The van der Waals surface area contributed by atoms with Gasteiger partial charge < -0.3 is 17.3 Å². The average Bonchev–Trinajstić information content (AvgIpc) is 3.07. The van der Waals surface area contributed by atoms with Crippen molar-refractivity contribution in [2.24, 2.45) is 0 Å². The Labute approximate surface area is 199 Å². The van der Waals surface area contributed by atoms with Crippen LogP contribution < -0.4 is 0 Å². The Bertz CT molecular complexity index is 615. The van der Waals surface area contributed by atoms with Crippen molar-refractivity contribution < 1.29 is 31.3 Å². The minimum Gasteiger partial charge on any atom is -0.418 e. The second kappa shape index (κ2) is 9.86. The largest absolute Gasteiger partial charge is 0.673 e. The zero-order valence-electron chi connectivity index (χ0n) is 22.0. The van der Waals surface area contributed by atoms with E-state index in [1.165, 1.54) is 9.33 Å². The minimum absolute atomic E-state index is 0.123. The Morgan fingerprint density at radius 2 is 0.656 bits per heavy atom. The zero-order valence-corrected chi connectivity index (χ0v) is 22.9. The summed E-state index contributed by atoms with van der Waals surface area (Å²) in [5.41, 5.74) is 0.492. The molecule has 2 aliphatic heterocycles. The fourth-order valence-electron chi connectivity index (χ4n) is 3.60. The van der Waals surface area contributed by atoms with Gasteiger partial charge in [0.25, 0.3) is 0 Å². The second-order valence-electron chi connectivity index (χ2n) is 12.3. The fraction of sp³-hybridized carbons (Fsp3) is 0.909. The maximum atomic E-state index is 9.75. The molecule has 4 nitrogen and oxygen atoms in total. The van der Waals surface area contributed by atoms with Gasteiger partial charge in [-0.1, -0.05) is 0 Å². The summed E-state index contributed by atoms with van der Waals surface area (Å²) in [6, 6.07) is 0. The quantitative estimate of drug-likeness (QED) is 0.334. The zero-order chi connectivity index (χ0) is 25.5. The van der Waals surface area contributed by atoms with E-state index in [1.807, 2.05) is 0 Å². The summed E-state index contributed by atoms with van der Waals surface area (Å²) < 4.78 is 41.8. The average molecular weight is 515 g/mol. The van der Waals surface area contributed by atoms with Crippen LogP contribution in [0.2, 0.25) is 0 Å². The van der Waals surface area contributed by atoms with Gasteiger partial charge >= 0.3 is 182 Å². The van der Waals surface area contributed by atoms with E-state index in [4.69, 9.17) is 0 Å². The molecule has 2 saturated heterocycles. The van der Waals surface area contributed by atoms with Gasteiger partial charge in [-0.2, -0.15) is 0 Å². The molecule has 0 radical (unpaired) electrons. The summed E-state index contributed by atoms with van der Waals surface area (Å²) in [4.78, 5) is 10.4. The fourth-order valence-corrected chi connectivity index (χ4v) is 5.98. The van der Waals surface area contributed by atoms with Gasteiger partial charge in [0.1, 0.15) is 0 Å². The molecule has 0 amide bonds. The van der Waals surface area contributed by atoms with E-state index in [-0.39, 0.29) is 22.2 Å². The van der Waals surface area contributed by atoms with Crippen molar-refractivity contribution in [2.75, 3.05) is 26.2 Å². The summed E-state index contributed by atoms with van der Waals surface area (Å²) in [6.07, 6.45) is 0. The van der Waals surface area contributed by atoms with E-state index in [0.717, 1.165) is 26.2 Å². The van der Waals surface area contributed by atoms with Crippen LogP contribution in [0.3, 0.4) is 0 Å². The maximum absolute atomic E-state index is 9.75. The molecule has 0 unspecified atom stereocenters. The Balaban J connectivity index is 0.000000920. The van der Waals surface area contributed by atoms with Gasteiger partial charge in [-0.05, 0) is 0 Å². The molecule has 0 spiro atoms. The number of hydrogen-bond donors (Lipinski definition) is 0. The molecule has 0 bridgehead atoms. The van der Waals surface area contributed by atoms with Gasteiger partial charge in [0.05, 0.1) is 0 Å². The van der Waals surface area contributed by atoms with Gasteiger partial charge in [-0.25, -0.2) is 0 Å². The Kier molecular flexibility index (Phi) is 9.22. The molecule has 0 aromatic carbocycles. The van der Waals surface area contributed by atoms with Crippen molar-refractivity contribution in [1.82, 2.24) is 19.6 Å². The summed E-state index contributed by atoms with van der Waals surface area (Å²) in [6.45, 7) is 32.4. The van der Waals surface area contributed by atoms with Crippen molar-refractivity contribution in [1.29, 1.82) is 0 Å². The van der Waals surface area contributed by atoms with E-state index < -0.39 is 7.25 Å². The molecular weight excluding hydrogens is 471 g/mol. The van der Waals surface area contributed by atoms with Gasteiger partial charge in [0.2, 0.25) is 0 Å². The molecule has 10 heteroatoms. The molecule has 0 saturated carbocycles. The van der Waals surface area contributed by atoms with Crippen LogP contribution in [-0.2, 0) is 14.1 Å². The molecule has 2 heterocycles. The van der Waals surface area contributed by atoms with Crippen molar-refractivity contribution >= 4 is 16.6 Å². The predicted molar refractivity (Wildman–Crippen MR) is 126 cm³/mol. The van der Waals surface area contributed by atoms with E-state index in [2.05, 4.69) is 117 Å². The number of halogens is 4. The Morgan fingerprint density at radius 3 is 0.781 bits per heavy atom. The van der Waals surface area contributed by atoms with Crippen molar-refractivity contribution in [2.45, 2.75) is 105 Å². The van der Waals surface area contributed by atoms with Crippen molar-refractivity contribution in [3.63, 3.8) is 0 Å². The molecule has 195 valence electrons. The normalized spacial score (nSPS) is 21.5. The van der Waals surface area contributed by atoms with Gasteiger partial charge in [0.15, 0.2) is 0 Å². The SMILES string of the molecule is CC(C)(C)N1CCN(C(C)(C)C)[C]1=[Cu]=[C]1N(C(C)(C)C)CCN1C(C)(C)C.F[B-](F)(F)F. The molecule has 32 heavy (non-hydrogen) atoms. The summed E-state index contributed by atoms with van der Waals surface area (Å²) >= 11 is 2.11. The van der Waals surface area contributed by atoms with Crippen LogP contribution in [0.15, 0.2) is 0 Å². The van der Waals surface area contributed by atoms with Crippen LogP contribution >= 0.6 is 0 Å². The van der Waals surface area contributed by atoms with Crippen molar-refractivity contribution in [3.05, 3.63) is 0 Å². The Morgan fingerprint density at radius 1 is 0.500 bits per heavy atom. The first-order valence-electron chi connectivity index (χ1n) is 11.2. The maximum Gasteiger partial charge on any atom is 0.673 e. The smallest absolute Gasteiger partial charge is 0.418 e. The van der Waals surface area contributed by atoms with Crippen LogP contribution in [0.25, 0.3) is 0 Å². The standard InChI is InChI=1S/2C11H22N2.BF4.Cu/c2*1-10(2,3)12-7-8-13(9-12)11(4,5)6;2-1(3,4)5;/h2*7-8H2,1-6H3;;/q;;-1;. The molecular formula is C22H44BCuF4N4-. The monoisotopic (exact) mass is 514 g/mol. The van der Waals surface area contributed by atoms with Gasteiger partial charge in [-0.15, -0.1) is 0 Å². The Hall–Kier alpha value is -0.116. The first kappa shape index (κ1) is 29.9. The van der Waals surface area contributed by atoms with E-state index in [1.54, 1.807) is 0 Å². The molecule has 2 fully saturated rings. The molecule has 0 aromatic heterocycles. The van der Waals surface area contributed by atoms with Crippen LogP contribution in [-0.4, -0.2) is 84.5 Å². The minimum atomic E-state index is -6.00. The van der Waals surface area contributed by atoms with E-state index in [9.17, 15) is 17.3 Å². The van der Waals surface area contributed by atoms with Crippen LogP contribution in [0.5, 0.6) is 0 Å². The van der Waals surface area contributed by atoms with Crippen LogP contribution in [0.4, 0.5) is 17.3 Å². The third-order valence-electron chi connectivity index (χ3n) is 5.28. The predicted octanol–water partition coefficient (Wildman–Crippen LogP) is 4.97. The molecule has 0 N–H and O–H groups in total. The molecule has 2 aliphatic rings. The van der Waals surface area contributed by atoms with Crippen molar-refractivity contribution in [3.8, 4) is 0 Å². The molecule has 0 atom stereocenters. The third-order valence-corrected chi connectivity index (χ3v) is 6.71. The van der Waals surface area contributed by atoms with E-state index in [0.29, 0.717) is 0 Å².